The summed E-state index contributed by atoms with van der Waals surface area (Å²) in [5, 5.41) is 0. The van der Waals surface area contributed by atoms with Gasteiger partial charge in [0.2, 0.25) is 0 Å². The van der Waals surface area contributed by atoms with Crippen molar-refractivity contribution in [2.45, 2.75) is 46.1 Å². The zero-order chi connectivity index (χ0) is 12.7. The van der Waals surface area contributed by atoms with Crippen molar-refractivity contribution < 1.29 is 0 Å². The molecule has 2 nitrogen and oxygen atoms in total. The molecule has 1 aliphatic heterocycles. The lowest BCUT2D eigenvalue weighted by atomic mass is 9.95. The first-order chi connectivity index (χ1) is 8.26. The van der Waals surface area contributed by atoms with Crippen LogP contribution >= 0.6 is 11.8 Å². The topological polar surface area (TPSA) is 29.3 Å². The van der Waals surface area contributed by atoms with Crippen LogP contribution in [0.2, 0.25) is 0 Å². The van der Waals surface area contributed by atoms with Gasteiger partial charge < -0.3 is 5.73 Å². The Kier molecular flexibility index (Phi) is 7.56. The third kappa shape index (κ3) is 4.46. The molecule has 102 valence electrons. The van der Waals surface area contributed by atoms with Crippen molar-refractivity contribution in [1.82, 2.24) is 4.90 Å². The number of nitrogens with two attached hydrogens (primary N) is 1. The van der Waals surface area contributed by atoms with Crippen LogP contribution in [-0.4, -0.2) is 42.1 Å². The lowest BCUT2D eigenvalue weighted by Gasteiger charge is -2.36. The fraction of sp³-hybridized carbons (Fsp3) is 1.00. The molecule has 0 radical (unpaired) electrons. The van der Waals surface area contributed by atoms with E-state index in [1.165, 1.54) is 37.3 Å². The third-order valence-corrected chi connectivity index (χ3v) is 5.46. The highest BCUT2D eigenvalue weighted by Crippen LogP contribution is 2.29. The van der Waals surface area contributed by atoms with Crippen LogP contribution in [0.15, 0.2) is 0 Å². The Balaban J connectivity index is 2.55. The zero-order valence-corrected chi connectivity index (χ0v) is 12.6. The summed E-state index contributed by atoms with van der Waals surface area (Å²) in [6.07, 6.45) is 3.96. The monoisotopic (exact) mass is 258 g/mol. The molecule has 1 aliphatic rings. The van der Waals surface area contributed by atoms with E-state index in [0.29, 0.717) is 6.04 Å². The summed E-state index contributed by atoms with van der Waals surface area (Å²) in [6.45, 7) is 10.1. The van der Waals surface area contributed by atoms with E-state index >= 15 is 0 Å². The van der Waals surface area contributed by atoms with Crippen LogP contribution in [0.4, 0.5) is 0 Å². The van der Waals surface area contributed by atoms with Gasteiger partial charge in [-0.3, -0.25) is 4.90 Å². The summed E-state index contributed by atoms with van der Waals surface area (Å²) in [6, 6.07) is 0.621. The zero-order valence-electron chi connectivity index (χ0n) is 11.8. The lowest BCUT2D eigenvalue weighted by molar-refractivity contribution is 0.135. The van der Waals surface area contributed by atoms with Gasteiger partial charge >= 0.3 is 0 Å². The number of thioether (sulfide) groups is 1. The first kappa shape index (κ1) is 15.3. The highest BCUT2D eigenvalue weighted by molar-refractivity contribution is 7.99. The smallest absolute Gasteiger partial charge is 0.0254 e. The Bertz CT molecular complexity index is 189. The van der Waals surface area contributed by atoms with Gasteiger partial charge in [0.25, 0.3) is 0 Å². The summed E-state index contributed by atoms with van der Waals surface area (Å²) < 4.78 is 0. The Morgan fingerprint density at radius 3 is 2.41 bits per heavy atom. The van der Waals surface area contributed by atoms with E-state index < -0.39 is 0 Å². The van der Waals surface area contributed by atoms with Crippen molar-refractivity contribution in [2.75, 3.05) is 31.1 Å². The van der Waals surface area contributed by atoms with E-state index in [-0.39, 0.29) is 0 Å². The summed E-state index contributed by atoms with van der Waals surface area (Å²) in [5.74, 6) is 4.34. The van der Waals surface area contributed by atoms with E-state index in [9.17, 15) is 0 Å². The maximum atomic E-state index is 6.04. The number of rotatable bonds is 8. The van der Waals surface area contributed by atoms with Crippen molar-refractivity contribution in [2.24, 2.45) is 17.6 Å². The molecule has 1 fully saturated rings. The van der Waals surface area contributed by atoms with Gasteiger partial charge in [-0.15, -0.1) is 0 Å². The van der Waals surface area contributed by atoms with Crippen molar-refractivity contribution >= 4 is 11.8 Å². The molecule has 0 amide bonds. The fourth-order valence-electron chi connectivity index (χ4n) is 2.87. The first-order valence-electron chi connectivity index (χ1n) is 7.28. The molecule has 3 heteroatoms. The van der Waals surface area contributed by atoms with Gasteiger partial charge in [-0.25, -0.2) is 0 Å². The molecular weight excluding hydrogens is 228 g/mol. The van der Waals surface area contributed by atoms with E-state index in [1.54, 1.807) is 0 Å². The van der Waals surface area contributed by atoms with Gasteiger partial charge in [0, 0.05) is 19.1 Å². The molecule has 0 aromatic heterocycles. The highest BCUT2D eigenvalue weighted by Gasteiger charge is 2.29. The van der Waals surface area contributed by atoms with Gasteiger partial charge in [0.1, 0.15) is 0 Å². The van der Waals surface area contributed by atoms with E-state index in [0.717, 1.165) is 24.9 Å². The summed E-state index contributed by atoms with van der Waals surface area (Å²) in [4.78, 5) is 2.65. The Hall–Kier alpha value is 0.270. The Morgan fingerprint density at radius 2 is 2.00 bits per heavy atom. The van der Waals surface area contributed by atoms with Crippen molar-refractivity contribution in [3.05, 3.63) is 0 Å². The van der Waals surface area contributed by atoms with Gasteiger partial charge in [0.15, 0.2) is 0 Å². The molecule has 1 saturated heterocycles. The molecule has 0 bridgehead atoms. The van der Waals surface area contributed by atoms with Gasteiger partial charge in [-0.1, -0.05) is 33.6 Å². The van der Waals surface area contributed by atoms with Gasteiger partial charge in [0.05, 0.1) is 0 Å². The fourth-order valence-corrected chi connectivity index (χ4v) is 4.20. The van der Waals surface area contributed by atoms with E-state index in [2.05, 4.69) is 37.4 Å². The molecule has 1 heterocycles. The van der Waals surface area contributed by atoms with E-state index in [4.69, 9.17) is 5.73 Å². The van der Waals surface area contributed by atoms with E-state index in [1.807, 2.05) is 0 Å². The summed E-state index contributed by atoms with van der Waals surface area (Å²) >= 11 is 2.10. The second-order valence-corrected chi connectivity index (χ2v) is 6.35. The quantitative estimate of drug-likeness (QED) is 0.726. The molecule has 1 rings (SSSR count). The number of nitrogens with zero attached hydrogens (tertiary/aromatic N) is 1. The minimum Gasteiger partial charge on any atom is -0.329 e. The molecule has 2 unspecified atom stereocenters. The molecule has 0 spiro atoms. The number of hydrogen-bond donors (Lipinski definition) is 1. The van der Waals surface area contributed by atoms with Crippen LogP contribution in [0.5, 0.6) is 0 Å². The van der Waals surface area contributed by atoms with Crippen molar-refractivity contribution in [1.29, 1.82) is 0 Å². The van der Waals surface area contributed by atoms with Crippen LogP contribution in [0.3, 0.4) is 0 Å². The second-order valence-electron chi connectivity index (χ2n) is 5.20. The van der Waals surface area contributed by atoms with Crippen LogP contribution < -0.4 is 5.73 Å². The lowest BCUT2D eigenvalue weighted by Crippen LogP contribution is -2.47. The summed E-state index contributed by atoms with van der Waals surface area (Å²) in [5.41, 5.74) is 6.04. The Labute approximate surface area is 112 Å². The first-order valence-corrected chi connectivity index (χ1v) is 8.44. The van der Waals surface area contributed by atoms with Crippen molar-refractivity contribution in [3.8, 4) is 0 Å². The normalized spacial score (nSPS) is 22.6. The number of hydrogen-bond acceptors (Lipinski definition) is 3. The summed E-state index contributed by atoms with van der Waals surface area (Å²) in [7, 11) is 0. The molecule has 17 heavy (non-hydrogen) atoms. The minimum atomic E-state index is 0.621. The minimum absolute atomic E-state index is 0.621. The number of likely N-dealkylation sites (N-methyl/N-ethyl adjacent to an activating group) is 1. The van der Waals surface area contributed by atoms with Gasteiger partial charge in [-0.05, 0) is 36.3 Å². The van der Waals surface area contributed by atoms with Gasteiger partial charge in [-0.2, -0.15) is 11.8 Å². The van der Waals surface area contributed by atoms with Crippen LogP contribution in [0.25, 0.3) is 0 Å². The maximum Gasteiger partial charge on any atom is 0.0254 e. The molecule has 0 aromatic carbocycles. The van der Waals surface area contributed by atoms with Crippen molar-refractivity contribution in [3.63, 3.8) is 0 Å². The maximum absolute atomic E-state index is 6.04. The molecular formula is C14H30N2S. The second kappa shape index (κ2) is 8.39. The molecule has 0 saturated carbocycles. The molecule has 0 aromatic rings. The molecule has 0 aliphatic carbocycles. The van der Waals surface area contributed by atoms with Crippen LogP contribution in [0.1, 0.15) is 40.0 Å². The largest absolute Gasteiger partial charge is 0.329 e. The average molecular weight is 258 g/mol. The molecule has 2 N–H and O–H groups in total. The predicted molar refractivity (Wildman–Crippen MR) is 79.6 cm³/mol. The molecule has 2 atom stereocenters. The van der Waals surface area contributed by atoms with Crippen LogP contribution in [0, 0.1) is 11.8 Å². The average Bonchev–Trinajstić information content (AvgIpc) is 2.88. The predicted octanol–water partition coefficient (Wildman–Crippen LogP) is 2.82. The SMILES string of the molecule is CCC(CC)CN(CC)C(CN)C1CCSC1. The van der Waals surface area contributed by atoms with Crippen LogP contribution in [-0.2, 0) is 0 Å². The highest BCUT2D eigenvalue weighted by atomic mass is 32.2. The Morgan fingerprint density at radius 1 is 1.29 bits per heavy atom. The standard InChI is InChI=1S/C14H30N2S/c1-4-12(5-2)10-16(6-3)14(9-15)13-7-8-17-11-13/h12-14H,4-11,15H2,1-3H3. The third-order valence-electron chi connectivity index (χ3n) is 4.27.